The van der Waals surface area contributed by atoms with E-state index in [1.54, 1.807) is 12.4 Å². The molecule has 0 aliphatic heterocycles. The summed E-state index contributed by atoms with van der Waals surface area (Å²) >= 11 is 0. The number of nitrogens with one attached hydrogen (secondary N) is 2. The monoisotopic (exact) mass is 202 g/mol. The van der Waals surface area contributed by atoms with Gasteiger partial charge in [-0.05, 0) is 24.1 Å². The van der Waals surface area contributed by atoms with Crippen LogP contribution < -0.4 is 5.32 Å². The molecule has 0 radical (unpaired) electrons. The average Bonchev–Trinajstić information content (AvgIpc) is 2.79. The van der Waals surface area contributed by atoms with Crippen LogP contribution in [-0.4, -0.2) is 15.2 Å². The lowest BCUT2D eigenvalue weighted by atomic mass is 10.2. The van der Waals surface area contributed by atoms with Crippen LogP contribution in [0.2, 0.25) is 0 Å². The first-order chi connectivity index (χ1) is 7.40. The van der Waals surface area contributed by atoms with Gasteiger partial charge in [0.2, 0.25) is 0 Å². The maximum atomic E-state index is 4.30. The molecule has 2 rings (SSSR count). The summed E-state index contributed by atoms with van der Waals surface area (Å²) < 4.78 is 0. The van der Waals surface area contributed by atoms with E-state index in [2.05, 4.69) is 33.5 Å². The molecule has 15 heavy (non-hydrogen) atoms. The normalized spacial score (nSPS) is 10.2. The number of rotatable bonds is 4. The summed E-state index contributed by atoms with van der Waals surface area (Å²) in [5.74, 6) is 0.953. The fourth-order valence-electron chi connectivity index (χ4n) is 1.45. The first kappa shape index (κ1) is 9.71. The number of H-pyrrole nitrogens is 1. The predicted molar refractivity (Wildman–Crippen MR) is 59.5 cm³/mol. The van der Waals surface area contributed by atoms with Crippen molar-refractivity contribution in [2.75, 3.05) is 5.32 Å². The number of aryl methyl sites for hydroxylation is 1. The zero-order valence-corrected chi connectivity index (χ0v) is 8.70. The lowest BCUT2D eigenvalue weighted by molar-refractivity contribution is 0.966. The molecule has 4 nitrogen and oxygen atoms in total. The van der Waals surface area contributed by atoms with Crippen LogP contribution in [-0.2, 0) is 13.0 Å². The summed E-state index contributed by atoms with van der Waals surface area (Å²) in [4.78, 5) is 4.30. The molecule has 2 N–H and O–H groups in total. The molecule has 0 bridgehead atoms. The Balaban J connectivity index is 2.04. The van der Waals surface area contributed by atoms with E-state index in [1.807, 2.05) is 12.1 Å². The number of pyridine rings is 1. The second-order valence-electron chi connectivity index (χ2n) is 3.30. The number of hydrogen-bond donors (Lipinski definition) is 2. The summed E-state index contributed by atoms with van der Waals surface area (Å²) in [6.45, 7) is 2.85. The average molecular weight is 202 g/mol. The van der Waals surface area contributed by atoms with Gasteiger partial charge in [-0.15, -0.1) is 0 Å². The Labute approximate surface area is 88.8 Å². The largest absolute Gasteiger partial charge is 0.364 e. The van der Waals surface area contributed by atoms with Crippen LogP contribution in [0.25, 0.3) is 0 Å². The molecule has 0 saturated heterocycles. The quantitative estimate of drug-likeness (QED) is 0.797. The highest BCUT2D eigenvalue weighted by atomic mass is 15.1. The first-order valence-electron chi connectivity index (χ1n) is 5.06. The van der Waals surface area contributed by atoms with Crippen LogP contribution in [0.15, 0.2) is 30.6 Å². The van der Waals surface area contributed by atoms with Crippen LogP contribution in [0, 0.1) is 0 Å². The topological polar surface area (TPSA) is 53.6 Å². The zero-order chi connectivity index (χ0) is 10.5. The molecular weight excluding hydrogens is 188 g/mol. The van der Waals surface area contributed by atoms with Gasteiger partial charge in [0.1, 0.15) is 5.82 Å². The summed E-state index contributed by atoms with van der Waals surface area (Å²) in [5, 5.41) is 10.1. The van der Waals surface area contributed by atoms with Crippen LogP contribution in [0.5, 0.6) is 0 Å². The molecular formula is C11H14N4. The Morgan fingerprint density at radius 3 is 3.00 bits per heavy atom. The summed E-state index contributed by atoms with van der Waals surface area (Å²) in [5.41, 5.74) is 2.29. The third-order valence-electron chi connectivity index (χ3n) is 2.28. The number of aromatic nitrogens is 3. The van der Waals surface area contributed by atoms with Crippen LogP contribution in [0.3, 0.4) is 0 Å². The fourth-order valence-corrected chi connectivity index (χ4v) is 1.45. The Morgan fingerprint density at radius 1 is 1.33 bits per heavy atom. The second kappa shape index (κ2) is 4.59. The third kappa shape index (κ3) is 2.34. The van der Waals surface area contributed by atoms with Crippen molar-refractivity contribution in [1.82, 2.24) is 15.2 Å². The summed E-state index contributed by atoms with van der Waals surface area (Å²) in [7, 11) is 0. The minimum absolute atomic E-state index is 0.726. The molecule has 2 aromatic heterocycles. The fraction of sp³-hybridized carbons (Fsp3) is 0.273. The summed E-state index contributed by atoms with van der Waals surface area (Å²) in [6, 6.07) is 5.99. The molecule has 4 heteroatoms. The van der Waals surface area contributed by atoms with Gasteiger partial charge in [-0.2, -0.15) is 5.10 Å². The van der Waals surface area contributed by atoms with Gasteiger partial charge in [0.05, 0.1) is 12.2 Å². The van der Waals surface area contributed by atoms with Crippen LogP contribution >= 0.6 is 0 Å². The maximum Gasteiger partial charge on any atom is 0.129 e. The second-order valence-corrected chi connectivity index (χ2v) is 3.30. The van der Waals surface area contributed by atoms with Gasteiger partial charge in [0.25, 0.3) is 0 Å². The summed E-state index contributed by atoms with van der Waals surface area (Å²) in [6.07, 6.45) is 4.53. The molecule has 0 unspecified atom stereocenters. The Hall–Kier alpha value is -1.84. The molecule has 78 valence electrons. The maximum absolute atomic E-state index is 4.30. The van der Waals surface area contributed by atoms with Gasteiger partial charge in [0.15, 0.2) is 0 Å². The van der Waals surface area contributed by atoms with Crippen molar-refractivity contribution in [3.05, 3.63) is 41.9 Å². The van der Waals surface area contributed by atoms with Crippen molar-refractivity contribution >= 4 is 5.82 Å². The Morgan fingerprint density at radius 2 is 2.27 bits per heavy atom. The Kier molecular flexibility index (Phi) is 2.97. The van der Waals surface area contributed by atoms with E-state index >= 15 is 0 Å². The van der Waals surface area contributed by atoms with E-state index in [9.17, 15) is 0 Å². The van der Waals surface area contributed by atoms with Crippen LogP contribution in [0.1, 0.15) is 18.2 Å². The van der Waals surface area contributed by atoms with Crippen molar-refractivity contribution < 1.29 is 0 Å². The third-order valence-corrected chi connectivity index (χ3v) is 2.28. The molecule has 0 amide bonds. The molecule has 0 aromatic carbocycles. The van der Waals surface area contributed by atoms with Gasteiger partial charge < -0.3 is 5.32 Å². The van der Waals surface area contributed by atoms with E-state index in [4.69, 9.17) is 0 Å². The van der Waals surface area contributed by atoms with Gasteiger partial charge in [0, 0.05) is 12.4 Å². The highest BCUT2D eigenvalue weighted by Crippen LogP contribution is 2.12. The molecule has 2 aromatic rings. The van der Waals surface area contributed by atoms with Gasteiger partial charge >= 0.3 is 0 Å². The van der Waals surface area contributed by atoms with Crippen molar-refractivity contribution in [2.45, 2.75) is 19.9 Å². The molecule has 0 fully saturated rings. The Bertz CT molecular complexity index is 408. The zero-order valence-electron chi connectivity index (χ0n) is 8.70. The minimum Gasteiger partial charge on any atom is -0.364 e. The number of hydrogen-bond acceptors (Lipinski definition) is 3. The molecule has 2 heterocycles. The van der Waals surface area contributed by atoms with Crippen molar-refractivity contribution in [3.63, 3.8) is 0 Å². The molecule has 0 saturated carbocycles. The van der Waals surface area contributed by atoms with E-state index in [-0.39, 0.29) is 0 Å². The van der Waals surface area contributed by atoms with Gasteiger partial charge in [-0.3, -0.25) is 5.10 Å². The van der Waals surface area contributed by atoms with Gasteiger partial charge in [-0.1, -0.05) is 13.0 Å². The SMILES string of the molecule is CCc1cccnc1NCc1ccn[nH]1. The highest BCUT2D eigenvalue weighted by Gasteiger charge is 2.00. The minimum atomic E-state index is 0.726. The lowest BCUT2D eigenvalue weighted by Gasteiger charge is -2.07. The van der Waals surface area contributed by atoms with Crippen molar-refractivity contribution in [3.8, 4) is 0 Å². The van der Waals surface area contributed by atoms with E-state index in [0.717, 1.165) is 24.5 Å². The standard InChI is InChI=1S/C11H14N4/c1-2-9-4-3-6-12-11(9)13-8-10-5-7-14-15-10/h3-7H,2,8H2,1H3,(H,12,13)(H,14,15). The van der Waals surface area contributed by atoms with E-state index < -0.39 is 0 Å². The van der Waals surface area contributed by atoms with E-state index in [1.165, 1.54) is 5.56 Å². The van der Waals surface area contributed by atoms with Crippen molar-refractivity contribution in [2.24, 2.45) is 0 Å². The van der Waals surface area contributed by atoms with Gasteiger partial charge in [-0.25, -0.2) is 4.98 Å². The smallest absolute Gasteiger partial charge is 0.129 e. The highest BCUT2D eigenvalue weighted by molar-refractivity contribution is 5.43. The van der Waals surface area contributed by atoms with Crippen molar-refractivity contribution in [1.29, 1.82) is 0 Å². The van der Waals surface area contributed by atoms with Crippen LogP contribution in [0.4, 0.5) is 5.82 Å². The number of anilines is 1. The predicted octanol–water partition coefficient (Wildman–Crippen LogP) is 1.98. The molecule has 0 atom stereocenters. The molecule has 0 spiro atoms. The first-order valence-corrected chi connectivity index (χ1v) is 5.06. The molecule has 0 aliphatic rings. The van der Waals surface area contributed by atoms with E-state index in [0.29, 0.717) is 0 Å². The molecule has 0 aliphatic carbocycles. The number of aromatic amines is 1. The lowest BCUT2D eigenvalue weighted by Crippen LogP contribution is -2.04. The number of nitrogens with zero attached hydrogens (tertiary/aromatic N) is 2.